The highest BCUT2D eigenvalue weighted by Gasteiger charge is 2.09. The Kier molecular flexibility index (Phi) is 5.51. The predicted octanol–water partition coefficient (Wildman–Crippen LogP) is 4.66. The van der Waals surface area contributed by atoms with E-state index in [1.807, 2.05) is 13.1 Å². The van der Waals surface area contributed by atoms with Crippen molar-refractivity contribution in [2.45, 2.75) is 23.8 Å². The Morgan fingerprint density at radius 1 is 0.913 bits per heavy atom. The average Bonchev–Trinajstić information content (AvgIpc) is 2.93. The summed E-state index contributed by atoms with van der Waals surface area (Å²) in [5.74, 6) is 1.94. The van der Waals surface area contributed by atoms with Crippen molar-refractivity contribution in [3.63, 3.8) is 0 Å². The molecular weight excluding hydrogens is 370 g/mol. The van der Waals surface area contributed by atoms with Crippen LogP contribution in [-0.4, -0.2) is 14.8 Å². The molecule has 3 nitrogen and oxygen atoms in total. The zero-order valence-electron chi connectivity index (χ0n) is 12.9. The number of nitrogens with zero attached hydrogens (tertiary/aromatic N) is 3. The maximum Gasteiger partial charge on any atom is 0.191 e. The molecule has 0 aliphatic carbocycles. The van der Waals surface area contributed by atoms with Crippen LogP contribution in [0.5, 0.6) is 0 Å². The zero-order chi connectivity index (χ0) is 16.1. The van der Waals surface area contributed by atoms with E-state index >= 15 is 0 Å². The summed E-state index contributed by atoms with van der Waals surface area (Å²) in [6.07, 6.45) is 1.90. The van der Waals surface area contributed by atoms with Crippen LogP contribution in [0.3, 0.4) is 0 Å². The Hall–Kier alpha value is -1.59. The highest BCUT2D eigenvalue weighted by atomic mass is 79.9. The third-order valence-corrected chi connectivity index (χ3v) is 5.31. The molecule has 3 rings (SSSR count). The van der Waals surface area contributed by atoms with Crippen LogP contribution in [0, 0.1) is 0 Å². The molecule has 0 amide bonds. The fourth-order valence-electron chi connectivity index (χ4n) is 2.32. The molecule has 2 aromatic carbocycles. The molecule has 1 heterocycles. The lowest BCUT2D eigenvalue weighted by Gasteiger charge is -2.04. The SMILES string of the molecule is Cn1c(CCc2ccccc2)nnc1SCc1ccc(Br)cc1. The van der Waals surface area contributed by atoms with Crippen molar-refractivity contribution in [3.05, 3.63) is 76.0 Å². The van der Waals surface area contributed by atoms with Gasteiger partial charge in [0.2, 0.25) is 0 Å². The molecule has 0 N–H and O–H groups in total. The van der Waals surface area contributed by atoms with Gasteiger partial charge in [-0.1, -0.05) is 70.2 Å². The predicted molar refractivity (Wildman–Crippen MR) is 98.6 cm³/mol. The van der Waals surface area contributed by atoms with Gasteiger partial charge in [0.25, 0.3) is 0 Å². The molecule has 0 aliphatic rings. The van der Waals surface area contributed by atoms with Crippen molar-refractivity contribution in [3.8, 4) is 0 Å². The van der Waals surface area contributed by atoms with Crippen LogP contribution in [0.25, 0.3) is 0 Å². The fraction of sp³-hybridized carbons (Fsp3) is 0.222. The Labute approximate surface area is 149 Å². The Morgan fingerprint density at radius 3 is 2.39 bits per heavy atom. The van der Waals surface area contributed by atoms with Gasteiger partial charge in [0, 0.05) is 23.7 Å². The molecule has 0 radical (unpaired) electrons. The minimum Gasteiger partial charge on any atom is -0.309 e. The van der Waals surface area contributed by atoms with E-state index in [0.29, 0.717) is 0 Å². The molecule has 118 valence electrons. The number of halogens is 1. The molecule has 1 aromatic heterocycles. The molecule has 3 aromatic rings. The van der Waals surface area contributed by atoms with Crippen molar-refractivity contribution >= 4 is 27.7 Å². The second kappa shape index (κ2) is 7.79. The first-order valence-electron chi connectivity index (χ1n) is 7.52. The minimum atomic E-state index is 0.901. The van der Waals surface area contributed by atoms with Crippen LogP contribution in [0.15, 0.2) is 64.2 Å². The molecule has 0 bridgehead atoms. The van der Waals surface area contributed by atoms with Gasteiger partial charge in [0.1, 0.15) is 5.82 Å². The van der Waals surface area contributed by atoms with E-state index in [2.05, 4.69) is 79.2 Å². The zero-order valence-corrected chi connectivity index (χ0v) is 15.3. The quantitative estimate of drug-likeness (QED) is 0.576. The van der Waals surface area contributed by atoms with E-state index in [1.165, 1.54) is 11.1 Å². The molecular formula is C18H18BrN3S. The van der Waals surface area contributed by atoms with E-state index in [0.717, 1.165) is 34.0 Å². The van der Waals surface area contributed by atoms with Gasteiger partial charge in [-0.15, -0.1) is 10.2 Å². The lowest BCUT2D eigenvalue weighted by molar-refractivity contribution is 0.723. The first kappa shape index (κ1) is 16.3. The molecule has 0 atom stereocenters. The number of hydrogen-bond donors (Lipinski definition) is 0. The summed E-state index contributed by atoms with van der Waals surface area (Å²) in [7, 11) is 2.05. The molecule has 0 aliphatic heterocycles. The van der Waals surface area contributed by atoms with Crippen LogP contribution >= 0.6 is 27.7 Å². The van der Waals surface area contributed by atoms with E-state index < -0.39 is 0 Å². The van der Waals surface area contributed by atoms with Crippen LogP contribution < -0.4 is 0 Å². The second-order valence-corrected chi connectivity index (χ2v) is 7.22. The number of hydrogen-bond acceptors (Lipinski definition) is 3. The summed E-state index contributed by atoms with van der Waals surface area (Å²) in [6.45, 7) is 0. The maximum atomic E-state index is 4.34. The fourth-order valence-corrected chi connectivity index (χ4v) is 3.47. The van der Waals surface area contributed by atoms with Crippen molar-refractivity contribution in [2.24, 2.45) is 7.05 Å². The highest BCUT2D eigenvalue weighted by molar-refractivity contribution is 9.10. The molecule has 0 spiro atoms. The molecule has 0 unspecified atom stereocenters. The van der Waals surface area contributed by atoms with Crippen molar-refractivity contribution in [1.82, 2.24) is 14.8 Å². The van der Waals surface area contributed by atoms with E-state index in [-0.39, 0.29) is 0 Å². The van der Waals surface area contributed by atoms with Gasteiger partial charge < -0.3 is 4.57 Å². The molecule has 0 fully saturated rings. The van der Waals surface area contributed by atoms with E-state index in [1.54, 1.807) is 11.8 Å². The van der Waals surface area contributed by atoms with Crippen LogP contribution in [-0.2, 0) is 25.6 Å². The number of aryl methyl sites for hydroxylation is 2. The average molecular weight is 388 g/mol. The summed E-state index contributed by atoms with van der Waals surface area (Å²) in [5.41, 5.74) is 2.62. The standard InChI is InChI=1S/C18H18BrN3S/c1-22-17(12-9-14-5-3-2-4-6-14)20-21-18(22)23-13-15-7-10-16(19)11-8-15/h2-8,10-11H,9,12-13H2,1H3. The summed E-state index contributed by atoms with van der Waals surface area (Å²) in [6, 6.07) is 18.9. The van der Waals surface area contributed by atoms with E-state index in [9.17, 15) is 0 Å². The molecule has 0 saturated carbocycles. The minimum absolute atomic E-state index is 0.901. The second-order valence-electron chi connectivity index (χ2n) is 5.36. The van der Waals surface area contributed by atoms with Gasteiger partial charge >= 0.3 is 0 Å². The van der Waals surface area contributed by atoms with Crippen molar-refractivity contribution < 1.29 is 0 Å². The summed E-state index contributed by atoms with van der Waals surface area (Å²) < 4.78 is 3.21. The van der Waals surface area contributed by atoms with Crippen LogP contribution in [0.1, 0.15) is 17.0 Å². The third-order valence-electron chi connectivity index (χ3n) is 3.69. The number of thioether (sulfide) groups is 1. The van der Waals surface area contributed by atoms with Gasteiger partial charge in [-0.2, -0.15) is 0 Å². The maximum absolute atomic E-state index is 4.34. The largest absolute Gasteiger partial charge is 0.309 e. The van der Waals surface area contributed by atoms with Gasteiger partial charge in [-0.25, -0.2) is 0 Å². The number of benzene rings is 2. The van der Waals surface area contributed by atoms with Gasteiger partial charge in [0.05, 0.1) is 0 Å². The summed E-state index contributed by atoms with van der Waals surface area (Å²) in [5, 5.41) is 9.64. The number of aromatic nitrogens is 3. The molecule has 0 saturated heterocycles. The highest BCUT2D eigenvalue weighted by Crippen LogP contribution is 2.22. The monoisotopic (exact) mass is 387 g/mol. The van der Waals surface area contributed by atoms with Gasteiger partial charge in [-0.05, 0) is 29.7 Å². The topological polar surface area (TPSA) is 30.7 Å². The number of rotatable bonds is 6. The summed E-state index contributed by atoms with van der Waals surface area (Å²) in [4.78, 5) is 0. The molecule has 23 heavy (non-hydrogen) atoms. The third kappa shape index (κ3) is 4.45. The van der Waals surface area contributed by atoms with Crippen LogP contribution in [0.2, 0.25) is 0 Å². The normalized spacial score (nSPS) is 10.9. The Bertz CT molecular complexity index is 754. The van der Waals surface area contributed by atoms with Crippen molar-refractivity contribution in [1.29, 1.82) is 0 Å². The lowest BCUT2D eigenvalue weighted by atomic mass is 10.1. The van der Waals surface area contributed by atoms with Crippen molar-refractivity contribution in [2.75, 3.05) is 0 Å². The first-order chi connectivity index (χ1) is 11.2. The Morgan fingerprint density at radius 2 is 1.65 bits per heavy atom. The molecule has 5 heteroatoms. The summed E-state index contributed by atoms with van der Waals surface area (Å²) >= 11 is 5.18. The first-order valence-corrected chi connectivity index (χ1v) is 9.29. The van der Waals surface area contributed by atoms with Gasteiger partial charge in [-0.3, -0.25) is 0 Å². The Balaban J connectivity index is 1.59. The van der Waals surface area contributed by atoms with E-state index in [4.69, 9.17) is 0 Å². The lowest BCUT2D eigenvalue weighted by Crippen LogP contribution is -2.01. The van der Waals surface area contributed by atoms with Crippen LogP contribution in [0.4, 0.5) is 0 Å². The smallest absolute Gasteiger partial charge is 0.191 e. The van der Waals surface area contributed by atoms with Gasteiger partial charge in [0.15, 0.2) is 5.16 Å².